The van der Waals surface area contributed by atoms with E-state index in [1.165, 1.54) is 11.1 Å². The summed E-state index contributed by atoms with van der Waals surface area (Å²) in [5.41, 5.74) is 13.4. The summed E-state index contributed by atoms with van der Waals surface area (Å²) in [6.07, 6.45) is 4.39. The van der Waals surface area contributed by atoms with Crippen molar-refractivity contribution in [2.45, 2.75) is 45.8 Å². The lowest BCUT2D eigenvalue weighted by atomic mass is 10.0. The van der Waals surface area contributed by atoms with Gasteiger partial charge in [0.15, 0.2) is 0 Å². The van der Waals surface area contributed by atoms with Crippen LogP contribution in [0.2, 0.25) is 0 Å². The molecule has 4 heterocycles. The van der Waals surface area contributed by atoms with Crippen molar-refractivity contribution < 1.29 is 9.53 Å². The number of anilines is 3. The molecule has 2 aliphatic rings. The van der Waals surface area contributed by atoms with Crippen LogP contribution in [0.25, 0.3) is 16.6 Å². The van der Waals surface area contributed by atoms with Gasteiger partial charge < -0.3 is 25.4 Å². The molecule has 0 bridgehead atoms. The SMILES string of the molecule is CC1NNc2ccc(Nc3ccnc4[nH]c(C5=CCN(C(=O)OC(C)(C)C)CC5)cc34)cc21. The Morgan fingerprint density at radius 3 is 2.85 bits per heavy atom. The van der Waals surface area contributed by atoms with Crippen LogP contribution >= 0.6 is 0 Å². The van der Waals surface area contributed by atoms with Crippen LogP contribution in [0.3, 0.4) is 0 Å². The molecule has 1 unspecified atom stereocenters. The first kappa shape index (κ1) is 21.3. The third-order valence-corrected chi connectivity index (χ3v) is 5.96. The third kappa shape index (κ3) is 4.39. The molecule has 0 fully saturated rings. The maximum absolute atomic E-state index is 12.3. The summed E-state index contributed by atoms with van der Waals surface area (Å²) in [6.45, 7) is 8.95. The van der Waals surface area contributed by atoms with Gasteiger partial charge in [-0.15, -0.1) is 0 Å². The molecule has 8 nitrogen and oxygen atoms in total. The van der Waals surface area contributed by atoms with Crippen LogP contribution in [0.1, 0.15) is 51.4 Å². The molecule has 8 heteroatoms. The van der Waals surface area contributed by atoms with E-state index in [0.29, 0.717) is 13.1 Å². The fraction of sp³-hybridized carbons (Fsp3) is 0.360. The Bertz CT molecular complexity index is 1240. The maximum atomic E-state index is 12.3. The molecule has 3 aromatic rings. The van der Waals surface area contributed by atoms with E-state index in [1.807, 2.05) is 33.0 Å². The van der Waals surface area contributed by atoms with Crippen LogP contribution in [0.15, 0.2) is 42.6 Å². The van der Waals surface area contributed by atoms with Crippen molar-refractivity contribution in [2.75, 3.05) is 23.8 Å². The molecule has 0 spiro atoms. The van der Waals surface area contributed by atoms with Crippen LogP contribution in [-0.4, -0.2) is 39.7 Å². The quantitative estimate of drug-likeness (QED) is 0.435. The Morgan fingerprint density at radius 1 is 1.24 bits per heavy atom. The molecule has 0 saturated heterocycles. The molecule has 33 heavy (non-hydrogen) atoms. The maximum Gasteiger partial charge on any atom is 0.410 e. The van der Waals surface area contributed by atoms with E-state index in [0.717, 1.165) is 40.2 Å². The molecule has 5 rings (SSSR count). The van der Waals surface area contributed by atoms with E-state index in [2.05, 4.69) is 63.4 Å². The van der Waals surface area contributed by atoms with Gasteiger partial charge in [0.1, 0.15) is 11.2 Å². The molecule has 1 amide bonds. The summed E-state index contributed by atoms with van der Waals surface area (Å²) >= 11 is 0. The monoisotopic (exact) mass is 446 g/mol. The van der Waals surface area contributed by atoms with Gasteiger partial charge >= 0.3 is 6.09 Å². The average molecular weight is 447 g/mol. The predicted octanol–water partition coefficient (Wildman–Crippen LogP) is 5.32. The van der Waals surface area contributed by atoms with E-state index >= 15 is 0 Å². The van der Waals surface area contributed by atoms with E-state index < -0.39 is 5.60 Å². The minimum absolute atomic E-state index is 0.261. The first-order valence-corrected chi connectivity index (χ1v) is 11.3. The van der Waals surface area contributed by atoms with Gasteiger partial charge in [-0.3, -0.25) is 0 Å². The number of fused-ring (bicyclic) bond motifs is 2. The Kier molecular flexibility index (Phi) is 5.25. The van der Waals surface area contributed by atoms with Crippen molar-refractivity contribution in [3.05, 3.63) is 53.9 Å². The van der Waals surface area contributed by atoms with E-state index in [9.17, 15) is 4.79 Å². The number of amides is 1. The highest BCUT2D eigenvalue weighted by atomic mass is 16.6. The number of aromatic amines is 1. The summed E-state index contributed by atoms with van der Waals surface area (Å²) in [7, 11) is 0. The number of rotatable bonds is 3. The van der Waals surface area contributed by atoms with Gasteiger partial charge in [0.2, 0.25) is 0 Å². The zero-order valence-electron chi connectivity index (χ0n) is 19.5. The van der Waals surface area contributed by atoms with Crippen LogP contribution in [0, 0.1) is 0 Å². The van der Waals surface area contributed by atoms with Gasteiger partial charge in [-0.2, -0.15) is 0 Å². The Hall–Kier alpha value is -3.52. The van der Waals surface area contributed by atoms with Gasteiger partial charge in [-0.25, -0.2) is 15.2 Å². The molecular weight excluding hydrogens is 416 g/mol. The molecule has 2 aromatic heterocycles. The van der Waals surface area contributed by atoms with Crippen molar-refractivity contribution in [1.29, 1.82) is 0 Å². The van der Waals surface area contributed by atoms with Gasteiger partial charge in [-0.05, 0) is 75.6 Å². The second kappa shape index (κ2) is 8.12. The molecule has 1 aromatic carbocycles. The minimum atomic E-state index is -0.489. The summed E-state index contributed by atoms with van der Waals surface area (Å²) in [5, 5.41) is 4.59. The first-order valence-electron chi connectivity index (χ1n) is 11.3. The van der Waals surface area contributed by atoms with Crippen LogP contribution in [-0.2, 0) is 4.74 Å². The number of hydrogen-bond donors (Lipinski definition) is 4. The molecule has 0 saturated carbocycles. The molecular formula is C25H30N6O2. The van der Waals surface area contributed by atoms with Crippen molar-refractivity contribution >= 4 is 39.8 Å². The summed E-state index contributed by atoms with van der Waals surface area (Å²) < 4.78 is 5.50. The second-order valence-electron chi connectivity index (χ2n) is 9.63. The van der Waals surface area contributed by atoms with E-state index in [-0.39, 0.29) is 12.1 Å². The molecule has 4 N–H and O–H groups in total. The highest BCUT2D eigenvalue weighted by Crippen LogP contribution is 2.34. The number of nitrogens with one attached hydrogen (secondary N) is 4. The zero-order chi connectivity index (χ0) is 23.2. The fourth-order valence-electron chi connectivity index (χ4n) is 4.25. The van der Waals surface area contributed by atoms with Gasteiger partial charge in [0, 0.05) is 36.1 Å². The highest BCUT2D eigenvalue weighted by molar-refractivity contribution is 5.94. The number of hydrazine groups is 1. The van der Waals surface area contributed by atoms with Gasteiger partial charge in [-0.1, -0.05) is 6.08 Å². The highest BCUT2D eigenvalue weighted by Gasteiger charge is 2.24. The first-order chi connectivity index (χ1) is 15.8. The normalized spacial score (nSPS) is 18.0. The summed E-state index contributed by atoms with van der Waals surface area (Å²) in [5.74, 6) is 0. The molecule has 172 valence electrons. The Morgan fingerprint density at radius 2 is 2.09 bits per heavy atom. The van der Waals surface area contributed by atoms with Crippen LogP contribution in [0.4, 0.5) is 21.9 Å². The van der Waals surface area contributed by atoms with E-state index in [4.69, 9.17) is 4.74 Å². The number of carbonyl (C=O) groups excluding carboxylic acids is 1. The molecule has 0 radical (unpaired) electrons. The fourth-order valence-corrected chi connectivity index (χ4v) is 4.25. The van der Waals surface area contributed by atoms with Crippen molar-refractivity contribution in [2.24, 2.45) is 0 Å². The Balaban J connectivity index is 1.35. The number of benzene rings is 1. The lowest BCUT2D eigenvalue weighted by Gasteiger charge is -2.29. The van der Waals surface area contributed by atoms with Crippen molar-refractivity contribution in [3.63, 3.8) is 0 Å². The van der Waals surface area contributed by atoms with Crippen LogP contribution < -0.4 is 16.2 Å². The van der Waals surface area contributed by atoms with Crippen LogP contribution in [0.5, 0.6) is 0 Å². The van der Waals surface area contributed by atoms with Crippen molar-refractivity contribution in [1.82, 2.24) is 20.3 Å². The van der Waals surface area contributed by atoms with E-state index in [1.54, 1.807) is 4.90 Å². The summed E-state index contributed by atoms with van der Waals surface area (Å²) in [6, 6.07) is 10.7. The standard InChI is InChI=1S/C25H30N6O2/c1-15-18-13-17(5-6-21(18)30-29-15)27-20-7-10-26-23-19(20)14-22(28-23)16-8-11-31(12-9-16)24(32)33-25(2,3)4/h5-8,10,13-15,29-30H,9,11-12H2,1-4H3,(H2,26,27,28). The van der Waals surface area contributed by atoms with Gasteiger partial charge in [0.25, 0.3) is 0 Å². The number of H-pyrrole nitrogens is 1. The lowest BCUT2D eigenvalue weighted by molar-refractivity contribution is 0.0270. The van der Waals surface area contributed by atoms with Crippen molar-refractivity contribution in [3.8, 4) is 0 Å². The summed E-state index contributed by atoms with van der Waals surface area (Å²) in [4.78, 5) is 22.1. The number of pyridine rings is 1. The number of nitrogens with zero attached hydrogens (tertiary/aromatic N) is 2. The topological polar surface area (TPSA) is 94.3 Å². The predicted molar refractivity (Wildman–Crippen MR) is 131 cm³/mol. The number of hydrogen-bond acceptors (Lipinski definition) is 6. The zero-order valence-corrected chi connectivity index (χ0v) is 19.5. The minimum Gasteiger partial charge on any atom is -0.444 e. The largest absolute Gasteiger partial charge is 0.444 e. The number of carbonyl (C=O) groups is 1. The molecule has 1 atom stereocenters. The molecule has 0 aliphatic carbocycles. The smallest absolute Gasteiger partial charge is 0.410 e. The third-order valence-electron chi connectivity index (χ3n) is 5.96. The second-order valence-corrected chi connectivity index (χ2v) is 9.63. The number of aromatic nitrogens is 2. The van der Waals surface area contributed by atoms with Gasteiger partial charge in [0.05, 0.1) is 17.4 Å². The Labute approximate surface area is 193 Å². The average Bonchev–Trinajstić information content (AvgIpc) is 3.37. The molecule has 2 aliphatic heterocycles. The lowest BCUT2D eigenvalue weighted by Crippen LogP contribution is -2.39. The number of ether oxygens (including phenoxy) is 1.